The van der Waals surface area contributed by atoms with Crippen molar-refractivity contribution in [3.8, 4) is 0 Å². The van der Waals surface area contributed by atoms with Crippen LogP contribution in [0.4, 0.5) is 0 Å². The van der Waals surface area contributed by atoms with E-state index in [-0.39, 0.29) is 11.6 Å². The molecule has 1 aromatic rings. The first-order valence-corrected chi connectivity index (χ1v) is 5.24. The van der Waals surface area contributed by atoms with Gasteiger partial charge in [0.05, 0.1) is 12.6 Å². The fourth-order valence-electron chi connectivity index (χ4n) is 2.29. The Morgan fingerprint density at radius 1 is 1.33 bits per heavy atom. The normalized spacial score (nSPS) is 28.7. The van der Waals surface area contributed by atoms with Gasteiger partial charge in [-0.1, -0.05) is 0 Å². The predicted molar refractivity (Wildman–Crippen MR) is 54.3 cm³/mol. The Bertz CT molecular complexity index is 339. The molecule has 2 N–H and O–H groups in total. The summed E-state index contributed by atoms with van der Waals surface area (Å²) in [4.78, 5) is 8.11. The molecule has 2 fully saturated rings. The molecule has 2 aliphatic heterocycles. The van der Waals surface area contributed by atoms with Gasteiger partial charge in [-0.15, -0.1) is 0 Å². The first-order valence-electron chi connectivity index (χ1n) is 5.24. The molecule has 0 aliphatic carbocycles. The monoisotopic (exact) mass is 206 g/mol. The van der Waals surface area contributed by atoms with Gasteiger partial charge in [0.15, 0.2) is 0 Å². The molecule has 1 aromatic heterocycles. The van der Waals surface area contributed by atoms with Crippen molar-refractivity contribution < 1.29 is 4.74 Å². The maximum Gasteiger partial charge on any atom is 0.115 e. The predicted octanol–water partition coefficient (Wildman–Crippen LogP) is -0.520. The van der Waals surface area contributed by atoms with Crippen molar-refractivity contribution in [2.45, 2.75) is 11.6 Å². The van der Waals surface area contributed by atoms with Gasteiger partial charge in [0.25, 0.3) is 0 Å². The molecule has 1 atom stereocenters. The minimum Gasteiger partial charge on any atom is -0.369 e. The fraction of sp³-hybridized carbons (Fsp3) is 0.600. The van der Waals surface area contributed by atoms with E-state index in [9.17, 15) is 0 Å². The SMILES string of the molecule is c1ncc(C2NCCOC23CNC3)cn1. The van der Waals surface area contributed by atoms with Crippen LogP contribution in [0.1, 0.15) is 11.6 Å². The average Bonchev–Trinajstić information content (AvgIpc) is 2.28. The largest absolute Gasteiger partial charge is 0.369 e. The van der Waals surface area contributed by atoms with E-state index in [0.29, 0.717) is 0 Å². The maximum atomic E-state index is 5.89. The molecule has 0 aromatic carbocycles. The zero-order valence-electron chi connectivity index (χ0n) is 8.44. The topological polar surface area (TPSA) is 59.1 Å². The molecular weight excluding hydrogens is 192 g/mol. The minimum atomic E-state index is -0.0804. The van der Waals surface area contributed by atoms with Gasteiger partial charge in [0.1, 0.15) is 11.9 Å². The van der Waals surface area contributed by atoms with Gasteiger partial charge >= 0.3 is 0 Å². The van der Waals surface area contributed by atoms with Crippen LogP contribution < -0.4 is 10.6 Å². The lowest BCUT2D eigenvalue weighted by Gasteiger charge is -2.50. The van der Waals surface area contributed by atoms with Gasteiger partial charge in [-0.05, 0) is 0 Å². The number of morpholine rings is 1. The van der Waals surface area contributed by atoms with Crippen molar-refractivity contribution in [2.24, 2.45) is 0 Å². The highest BCUT2D eigenvalue weighted by Crippen LogP contribution is 2.34. The van der Waals surface area contributed by atoms with Gasteiger partial charge in [0.2, 0.25) is 0 Å². The van der Waals surface area contributed by atoms with Crippen LogP contribution >= 0.6 is 0 Å². The van der Waals surface area contributed by atoms with E-state index >= 15 is 0 Å². The number of aromatic nitrogens is 2. The highest BCUT2D eigenvalue weighted by atomic mass is 16.5. The molecular formula is C10H14N4O. The summed E-state index contributed by atoms with van der Waals surface area (Å²) in [6, 6.07) is 0.216. The molecule has 0 bridgehead atoms. The summed E-state index contributed by atoms with van der Waals surface area (Å²) in [5, 5.41) is 6.75. The highest BCUT2D eigenvalue weighted by molar-refractivity contribution is 5.20. The summed E-state index contributed by atoms with van der Waals surface area (Å²) in [7, 11) is 0. The molecule has 5 nitrogen and oxygen atoms in total. The third-order valence-electron chi connectivity index (χ3n) is 3.13. The Morgan fingerprint density at radius 2 is 2.13 bits per heavy atom. The van der Waals surface area contributed by atoms with E-state index in [0.717, 1.165) is 31.8 Å². The molecule has 2 saturated heterocycles. The van der Waals surface area contributed by atoms with Crippen LogP contribution in [0.5, 0.6) is 0 Å². The van der Waals surface area contributed by atoms with Crippen molar-refractivity contribution in [2.75, 3.05) is 26.2 Å². The quantitative estimate of drug-likeness (QED) is 0.647. The number of nitrogens with one attached hydrogen (secondary N) is 2. The minimum absolute atomic E-state index is 0.0804. The van der Waals surface area contributed by atoms with Crippen LogP contribution in [0.25, 0.3) is 0 Å². The summed E-state index contributed by atoms with van der Waals surface area (Å²) in [6.07, 6.45) is 5.28. The number of nitrogens with zero attached hydrogens (tertiary/aromatic N) is 2. The van der Waals surface area contributed by atoms with Crippen molar-refractivity contribution in [1.29, 1.82) is 0 Å². The van der Waals surface area contributed by atoms with Gasteiger partial charge < -0.3 is 15.4 Å². The summed E-state index contributed by atoms with van der Waals surface area (Å²) in [5.41, 5.74) is 1.03. The van der Waals surface area contributed by atoms with Crippen molar-refractivity contribution >= 4 is 0 Å². The third kappa shape index (κ3) is 1.43. The zero-order valence-corrected chi connectivity index (χ0v) is 8.44. The molecule has 3 heterocycles. The number of hydrogen-bond acceptors (Lipinski definition) is 5. The molecule has 0 saturated carbocycles. The van der Waals surface area contributed by atoms with Crippen LogP contribution in [-0.2, 0) is 4.74 Å². The van der Waals surface area contributed by atoms with E-state index in [1.807, 2.05) is 12.4 Å². The van der Waals surface area contributed by atoms with E-state index in [1.165, 1.54) is 0 Å². The Hall–Kier alpha value is -1.04. The Balaban J connectivity index is 1.89. The van der Waals surface area contributed by atoms with Crippen molar-refractivity contribution in [1.82, 2.24) is 20.6 Å². The Kier molecular flexibility index (Phi) is 2.16. The van der Waals surface area contributed by atoms with Gasteiger partial charge in [0, 0.05) is 37.6 Å². The lowest BCUT2D eigenvalue weighted by Crippen LogP contribution is -2.69. The van der Waals surface area contributed by atoms with Gasteiger partial charge in [-0.25, -0.2) is 9.97 Å². The first kappa shape index (κ1) is 9.21. The Morgan fingerprint density at radius 3 is 2.80 bits per heavy atom. The van der Waals surface area contributed by atoms with Gasteiger partial charge in [-0.2, -0.15) is 0 Å². The van der Waals surface area contributed by atoms with Crippen LogP contribution in [-0.4, -0.2) is 41.8 Å². The van der Waals surface area contributed by atoms with E-state index in [2.05, 4.69) is 20.6 Å². The number of ether oxygens (including phenoxy) is 1. The molecule has 2 aliphatic rings. The van der Waals surface area contributed by atoms with E-state index < -0.39 is 0 Å². The van der Waals surface area contributed by atoms with Crippen LogP contribution in [0.2, 0.25) is 0 Å². The molecule has 15 heavy (non-hydrogen) atoms. The highest BCUT2D eigenvalue weighted by Gasteiger charge is 2.48. The van der Waals surface area contributed by atoms with E-state index in [4.69, 9.17) is 4.74 Å². The second-order valence-electron chi connectivity index (χ2n) is 4.08. The third-order valence-corrected chi connectivity index (χ3v) is 3.13. The van der Waals surface area contributed by atoms with Crippen LogP contribution in [0, 0.1) is 0 Å². The standard InChI is InChI=1S/C10H14N4O/c1-2-15-10(5-13-6-10)9(14-1)8-3-11-7-12-4-8/h3-4,7,9,13-14H,1-2,5-6H2. The smallest absolute Gasteiger partial charge is 0.115 e. The lowest BCUT2D eigenvalue weighted by atomic mass is 9.83. The van der Waals surface area contributed by atoms with Crippen LogP contribution in [0.3, 0.4) is 0 Å². The summed E-state index contributed by atoms with van der Waals surface area (Å²) >= 11 is 0. The van der Waals surface area contributed by atoms with Crippen molar-refractivity contribution in [3.05, 3.63) is 24.3 Å². The second-order valence-corrected chi connectivity index (χ2v) is 4.08. The lowest BCUT2D eigenvalue weighted by molar-refractivity contribution is -0.128. The first-order chi connectivity index (χ1) is 7.41. The summed E-state index contributed by atoms with van der Waals surface area (Å²) < 4.78 is 5.89. The summed E-state index contributed by atoms with van der Waals surface area (Å²) in [5.74, 6) is 0. The van der Waals surface area contributed by atoms with Gasteiger partial charge in [-0.3, -0.25) is 0 Å². The molecule has 80 valence electrons. The summed E-state index contributed by atoms with van der Waals surface area (Å²) in [6.45, 7) is 3.48. The number of hydrogen-bond donors (Lipinski definition) is 2. The van der Waals surface area contributed by atoms with E-state index in [1.54, 1.807) is 6.33 Å². The Labute approximate surface area is 88.3 Å². The van der Waals surface area contributed by atoms with Crippen molar-refractivity contribution in [3.63, 3.8) is 0 Å². The zero-order chi connectivity index (χ0) is 10.1. The molecule has 3 rings (SSSR count). The maximum absolute atomic E-state index is 5.89. The average molecular weight is 206 g/mol. The molecule has 0 radical (unpaired) electrons. The molecule has 1 spiro atoms. The molecule has 1 unspecified atom stereocenters. The second kappa shape index (κ2) is 3.52. The molecule has 0 amide bonds. The fourth-order valence-corrected chi connectivity index (χ4v) is 2.29. The van der Waals surface area contributed by atoms with Crippen LogP contribution in [0.15, 0.2) is 18.7 Å². The molecule has 5 heteroatoms. The number of rotatable bonds is 1.